The van der Waals surface area contributed by atoms with Crippen LogP contribution in [0.3, 0.4) is 0 Å². The first-order chi connectivity index (χ1) is 28.6. The molecule has 0 saturated heterocycles. The monoisotopic (exact) mass is 807 g/mol. The predicted octanol–water partition coefficient (Wildman–Crippen LogP) is 13.2. The van der Waals surface area contributed by atoms with Crippen molar-refractivity contribution in [2.75, 3.05) is 54.5 Å². The van der Waals surface area contributed by atoms with Crippen LogP contribution in [0.1, 0.15) is 73.1 Å². The van der Waals surface area contributed by atoms with Gasteiger partial charge in [0, 0.05) is 13.1 Å². The molecule has 0 heterocycles. The summed E-state index contributed by atoms with van der Waals surface area (Å²) >= 11 is 0. The van der Waals surface area contributed by atoms with Crippen LogP contribution < -0.4 is 9.47 Å². The van der Waals surface area contributed by atoms with E-state index in [1.54, 1.807) is 24.3 Å². The van der Waals surface area contributed by atoms with Crippen LogP contribution in [0.15, 0.2) is 152 Å². The molecule has 0 unspecified atom stereocenters. The third-order valence-electron chi connectivity index (χ3n) is 10.00. The highest BCUT2D eigenvalue weighted by atomic mass is 19.1. The second-order valence-corrected chi connectivity index (χ2v) is 15.0. The minimum atomic E-state index is -0.275. The van der Waals surface area contributed by atoms with Crippen LogP contribution in [0.25, 0.3) is 22.3 Å². The molecule has 0 aliphatic rings. The lowest BCUT2D eigenvalue weighted by Gasteiger charge is -2.17. The normalized spacial score (nSPS) is 11.8. The average Bonchev–Trinajstić information content (AvgIpc) is 3.24. The number of halogens is 2. The highest BCUT2D eigenvalue weighted by Crippen LogP contribution is 2.37. The molecule has 0 aliphatic heterocycles. The molecule has 0 fully saturated rings. The molecule has 60 heavy (non-hydrogen) atoms. The minimum Gasteiger partial charge on any atom is -0.492 e. The van der Waals surface area contributed by atoms with Crippen LogP contribution >= 0.6 is 0 Å². The molecular weight excluding hydrogens is 746 g/mol. The van der Waals surface area contributed by atoms with Gasteiger partial charge in [-0.1, -0.05) is 130 Å². The van der Waals surface area contributed by atoms with E-state index < -0.39 is 0 Å². The van der Waals surface area contributed by atoms with Crippen molar-refractivity contribution in [3.8, 4) is 11.5 Å². The van der Waals surface area contributed by atoms with E-state index in [1.165, 1.54) is 57.7 Å². The van der Waals surface area contributed by atoms with Crippen molar-refractivity contribution in [2.24, 2.45) is 0 Å². The van der Waals surface area contributed by atoms with Gasteiger partial charge in [-0.2, -0.15) is 0 Å². The molecule has 0 saturated carbocycles. The van der Waals surface area contributed by atoms with Crippen molar-refractivity contribution in [2.45, 2.75) is 41.0 Å². The van der Waals surface area contributed by atoms with Gasteiger partial charge in [0.25, 0.3) is 0 Å². The zero-order valence-corrected chi connectivity index (χ0v) is 35.6. The molecule has 314 valence electrons. The quantitative estimate of drug-likeness (QED) is 0.0910. The van der Waals surface area contributed by atoms with Crippen molar-refractivity contribution >= 4 is 22.3 Å². The number of aryl methyl sites for hydroxylation is 1. The first kappa shape index (κ1) is 46.9. The Bertz CT molecular complexity index is 2230. The Morgan fingerprint density at radius 3 is 1.10 bits per heavy atom. The fraction of sp³-hybridized carbons (Fsp3) is 0.259. The van der Waals surface area contributed by atoms with Crippen LogP contribution in [0.2, 0.25) is 0 Å². The molecule has 0 radical (unpaired) electrons. The van der Waals surface area contributed by atoms with E-state index in [2.05, 4.69) is 124 Å². The Morgan fingerprint density at radius 1 is 0.433 bits per heavy atom. The SMILES string of the molecule is C.CC/C(=C(\c1ccc([18F])cc1)c1ccc(OCCN(C)C)cc1)c1ccc(F)cc1.CC/C(=C(\c1ccccc1)c1ccc(OCCN(C)C)cc1)c1ccc(C)cc1. The lowest BCUT2D eigenvalue weighted by atomic mass is 9.88. The largest absolute Gasteiger partial charge is 0.492 e. The van der Waals surface area contributed by atoms with Crippen molar-refractivity contribution in [3.63, 3.8) is 0 Å². The summed E-state index contributed by atoms with van der Waals surface area (Å²) in [4.78, 5) is 4.19. The van der Waals surface area contributed by atoms with Crippen molar-refractivity contribution in [1.82, 2.24) is 9.80 Å². The van der Waals surface area contributed by atoms with Gasteiger partial charge in [-0.15, -0.1) is 0 Å². The first-order valence-electron chi connectivity index (χ1n) is 20.4. The summed E-state index contributed by atoms with van der Waals surface area (Å²) in [6.45, 7) is 9.49. The van der Waals surface area contributed by atoms with E-state index in [1.807, 2.05) is 38.4 Å². The van der Waals surface area contributed by atoms with Crippen LogP contribution in [0.4, 0.5) is 8.78 Å². The van der Waals surface area contributed by atoms with Crippen LogP contribution in [0, 0.1) is 18.6 Å². The third kappa shape index (κ3) is 13.6. The molecule has 0 spiro atoms. The summed E-state index contributed by atoms with van der Waals surface area (Å²) in [5.41, 5.74) is 12.6. The maximum absolute atomic E-state index is 13.6. The maximum atomic E-state index is 13.6. The Hall–Kier alpha value is -5.82. The number of allylic oxidation sites excluding steroid dienone is 2. The first-order valence-corrected chi connectivity index (χ1v) is 20.4. The molecule has 0 N–H and O–H groups in total. The lowest BCUT2D eigenvalue weighted by molar-refractivity contribution is 0.261. The van der Waals surface area contributed by atoms with Gasteiger partial charge in [0.2, 0.25) is 0 Å². The van der Waals surface area contributed by atoms with Crippen LogP contribution in [0.5, 0.6) is 11.5 Å². The van der Waals surface area contributed by atoms with Gasteiger partial charge >= 0.3 is 0 Å². The van der Waals surface area contributed by atoms with Gasteiger partial charge in [-0.3, -0.25) is 0 Å². The number of likely N-dealkylation sites (N-methyl/N-ethyl adjacent to an activating group) is 2. The molecule has 6 aromatic rings. The molecule has 6 aromatic carbocycles. The standard InChI is InChI=1S/C27H31NO.C26H27F2NO.CH4/c1-5-26(22-13-11-21(2)12-14-22)27(23-9-7-6-8-10-23)24-15-17-25(18-16-24)29-20-19-28(3)4;1-4-25(19-5-11-22(27)12-6-19)26(20-7-13-23(28)14-8-20)21-9-15-24(16-10-21)30-18-17-29(2)3;/h6-18H,5,19-20H2,1-4H3;5-16H,4,17-18H2,1-3H3;1H4/b27-26-;26-25-;/i;28-1;. The number of benzene rings is 6. The van der Waals surface area contributed by atoms with E-state index in [0.717, 1.165) is 65.3 Å². The van der Waals surface area contributed by atoms with E-state index in [9.17, 15) is 8.78 Å². The summed E-state index contributed by atoms with van der Waals surface area (Å²) in [7, 11) is 8.13. The van der Waals surface area contributed by atoms with E-state index in [0.29, 0.717) is 13.2 Å². The van der Waals surface area contributed by atoms with Gasteiger partial charge < -0.3 is 19.3 Å². The van der Waals surface area contributed by atoms with Gasteiger partial charge in [0.05, 0.1) is 0 Å². The highest BCUT2D eigenvalue weighted by molar-refractivity contribution is 5.99. The second-order valence-electron chi connectivity index (χ2n) is 15.0. The number of ether oxygens (including phenoxy) is 2. The van der Waals surface area contributed by atoms with Crippen molar-refractivity contribution in [3.05, 3.63) is 202 Å². The topological polar surface area (TPSA) is 24.9 Å². The summed E-state index contributed by atoms with van der Waals surface area (Å²) in [5, 5.41) is 0. The predicted molar refractivity (Wildman–Crippen MR) is 251 cm³/mol. The zero-order valence-electron chi connectivity index (χ0n) is 35.6. The van der Waals surface area contributed by atoms with Crippen LogP contribution in [-0.4, -0.2) is 64.3 Å². The van der Waals surface area contributed by atoms with Gasteiger partial charge in [0.1, 0.15) is 36.3 Å². The summed E-state index contributed by atoms with van der Waals surface area (Å²) in [6.07, 6.45) is 1.72. The zero-order chi connectivity index (χ0) is 42.1. The number of hydrogen-bond acceptors (Lipinski definition) is 4. The number of nitrogens with zero attached hydrogens (tertiary/aromatic N) is 2. The highest BCUT2D eigenvalue weighted by Gasteiger charge is 2.15. The van der Waals surface area contributed by atoms with E-state index >= 15 is 0 Å². The molecule has 0 amide bonds. The van der Waals surface area contributed by atoms with Crippen molar-refractivity contribution < 1.29 is 18.3 Å². The molecule has 0 bridgehead atoms. The van der Waals surface area contributed by atoms with Gasteiger partial charge in [-0.25, -0.2) is 8.78 Å². The fourth-order valence-electron chi connectivity index (χ4n) is 6.84. The summed E-state index contributed by atoms with van der Waals surface area (Å²) in [5.74, 6) is 1.18. The molecule has 0 aromatic heterocycles. The molecular formula is C54H62F2N2O2. The smallest absolute Gasteiger partial charge is 0.123 e. The molecule has 0 aliphatic carbocycles. The lowest BCUT2D eigenvalue weighted by Crippen LogP contribution is -2.19. The van der Waals surface area contributed by atoms with Crippen LogP contribution in [-0.2, 0) is 0 Å². The second kappa shape index (κ2) is 23.7. The van der Waals surface area contributed by atoms with E-state index in [4.69, 9.17) is 9.47 Å². The molecule has 4 nitrogen and oxygen atoms in total. The van der Waals surface area contributed by atoms with Gasteiger partial charge in [0.15, 0.2) is 0 Å². The number of hydrogen-bond donors (Lipinski definition) is 0. The Labute approximate surface area is 358 Å². The molecule has 6 heteroatoms. The van der Waals surface area contributed by atoms with Gasteiger partial charge in [-0.05, 0) is 152 Å². The van der Waals surface area contributed by atoms with E-state index in [-0.39, 0.29) is 19.1 Å². The Morgan fingerprint density at radius 2 is 0.750 bits per heavy atom. The summed E-state index contributed by atoms with van der Waals surface area (Å²) < 4.78 is 38.7. The molecule has 6 rings (SSSR count). The fourth-order valence-corrected chi connectivity index (χ4v) is 6.84. The Balaban J connectivity index is 0.000000260. The Kier molecular flexibility index (Phi) is 18.5. The third-order valence-corrected chi connectivity index (χ3v) is 10.00. The van der Waals surface area contributed by atoms with Crippen molar-refractivity contribution in [1.29, 1.82) is 0 Å². The molecule has 0 atom stereocenters. The minimum absolute atomic E-state index is 0. The maximum Gasteiger partial charge on any atom is 0.123 e. The number of rotatable bonds is 16. The average molecular weight is 808 g/mol. The summed E-state index contributed by atoms with van der Waals surface area (Å²) in [6, 6.07) is 49.0.